The molecule has 4 N–H and O–H groups in total. The van der Waals surface area contributed by atoms with Crippen molar-refractivity contribution in [3.63, 3.8) is 0 Å². The van der Waals surface area contributed by atoms with E-state index < -0.39 is 11.4 Å². The summed E-state index contributed by atoms with van der Waals surface area (Å²) in [5, 5.41) is 0. The van der Waals surface area contributed by atoms with Gasteiger partial charge in [0.2, 0.25) is 11.8 Å². The third-order valence-electron chi connectivity index (χ3n) is 2.68. The number of primary amides is 1. The van der Waals surface area contributed by atoms with Crippen molar-refractivity contribution in [2.75, 3.05) is 6.54 Å². The molecule has 1 rings (SSSR count). The summed E-state index contributed by atoms with van der Waals surface area (Å²) >= 11 is 0. The van der Waals surface area contributed by atoms with Gasteiger partial charge in [-0.25, -0.2) is 0 Å². The van der Waals surface area contributed by atoms with E-state index in [4.69, 9.17) is 11.5 Å². The minimum absolute atomic E-state index is 0.134. The Hall–Kier alpha value is -1.88. The number of hydrogen-bond donors (Lipinski definition) is 2. The van der Waals surface area contributed by atoms with E-state index in [2.05, 4.69) is 0 Å². The minimum atomic E-state index is -0.966. The van der Waals surface area contributed by atoms with E-state index in [1.54, 1.807) is 18.7 Å². The van der Waals surface area contributed by atoms with E-state index in [9.17, 15) is 9.59 Å². The van der Waals surface area contributed by atoms with Crippen molar-refractivity contribution in [1.29, 1.82) is 0 Å². The van der Waals surface area contributed by atoms with Crippen LogP contribution in [0.15, 0.2) is 30.3 Å². The van der Waals surface area contributed by atoms with E-state index >= 15 is 0 Å². The highest BCUT2D eigenvalue weighted by molar-refractivity contribution is 5.85. The van der Waals surface area contributed by atoms with Gasteiger partial charge in [-0.1, -0.05) is 30.3 Å². The van der Waals surface area contributed by atoms with Gasteiger partial charge in [0.05, 0.1) is 5.54 Å². The van der Waals surface area contributed by atoms with Crippen LogP contribution < -0.4 is 11.5 Å². The van der Waals surface area contributed by atoms with Crippen LogP contribution in [-0.2, 0) is 16.1 Å². The Morgan fingerprint density at radius 2 is 1.79 bits per heavy atom. The quantitative estimate of drug-likeness (QED) is 0.788. The number of nitrogens with two attached hydrogens (primary N) is 2. The van der Waals surface area contributed by atoms with Crippen LogP contribution in [0.25, 0.3) is 0 Å². The number of rotatable bonds is 6. The summed E-state index contributed by atoms with van der Waals surface area (Å²) in [6.07, 6.45) is 0.134. The predicted octanol–water partition coefficient (Wildman–Crippen LogP) is 0.628. The maximum atomic E-state index is 12.2. The number of amides is 2. The summed E-state index contributed by atoms with van der Waals surface area (Å²) in [6, 6.07) is 9.56. The van der Waals surface area contributed by atoms with Gasteiger partial charge >= 0.3 is 0 Å². The molecule has 0 aliphatic heterocycles. The van der Waals surface area contributed by atoms with Crippen LogP contribution in [0.1, 0.15) is 25.8 Å². The maximum Gasteiger partial charge on any atom is 0.242 e. The van der Waals surface area contributed by atoms with Crippen LogP contribution in [-0.4, -0.2) is 28.8 Å². The topological polar surface area (TPSA) is 89.4 Å². The molecule has 0 radical (unpaired) electrons. The van der Waals surface area contributed by atoms with Crippen LogP contribution in [0.2, 0.25) is 0 Å². The van der Waals surface area contributed by atoms with Crippen LogP contribution >= 0.6 is 0 Å². The molecule has 0 aromatic heterocycles. The Kier molecular flexibility index (Phi) is 5.06. The van der Waals surface area contributed by atoms with Gasteiger partial charge in [0.15, 0.2) is 0 Å². The van der Waals surface area contributed by atoms with Gasteiger partial charge < -0.3 is 16.4 Å². The molecule has 0 saturated carbocycles. The predicted molar refractivity (Wildman–Crippen MR) is 73.9 cm³/mol. The van der Waals surface area contributed by atoms with Gasteiger partial charge in [0.25, 0.3) is 0 Å². The Balaban J connectivity index is 2.80. The first kappa shape index (κ1) is 15.2. The zero-order valence-electron chi connectivity index (χ0n) is 11.4. The molecule has 0 spiro atoms. The van der Waals surface area contributed by atoms with Crippen molar-refractivity contribution in [2.45, 2.75) is 32.4 Å². The number of benzene rings is 1. The monoisotopic (exact) mass is 263 g/mol. The van der Waals surface area contributed by atoms with Crippen molar-refractivity contribution in [1.82, 2.24) is 4.90 Å². The van der Waals surface area contributed by atoms with Crippen molar-refractivity contribution < 1.29 is 9.59 Å². The normalized spacial score (nSPS) is 11.1. The Morgan fingerprint density at radius 3 is 2.26 bits per heavy atom. The Morgan fingerprint density at radius 1 is 1.21 bits per heavy atom. The number of carbonyl (C=O) groups excluding carboxylic acids is 2. The Labute approximate surface area is 113 Å². The Bertz CT molecular complexity index is 438. The molecular formula is C14H21N3O2. The molecule has 0 aliphatic rings. The van der Waals surface area contributed by atoms with Crippen LogP contribution in [0.5, 0.6) is 0 Å². The van der Waals surface area contributed by atoms with Crippen molar-refractivity contribution >= 4 is 11.8 Å². The third kappa shape index (κ3) is 5.09. The minimum Gasteiger partial charge on any atom is -0.370 e. The van der Waals surface area contributed by atoms with Crippen molar-refractivity contribution in [2.24, 2.45) is 11.5 Å². The third-order valence-corrected chi connectivity index (χ3v) is 2.68. The lowest BCUT2D eigenvalue weighted by molar-refractivity contribution is -0.136. The van der Waals surface area contributed by atoms with Crippen molar-refractivity contribution in [3.05, 3.63) is 35.9 Å². The lowest BCUT2D eigenvalue weighted by atomic mass is 10.0. The molecule has 104 valence electrons. The van der Waals surface area contributed by atoms with E-state index in [0.29, 0.717) is 6.54 Å². The summed E-state index contributed by atoms with van der Waals surface area (Å²) in [5.74, 6) is -0.627. The zero-order chi connectivity index (χ0) is 14.5. The molecule has 0 atom stereocenters. The molecule has 0 saturated heterocycles. The molecule has 0 fully saturated rings. The van der Waals surface area contributed by atoms with Gasteiger partial charge in [-0.3, -0.25) is 9.59 Å². The smallest absolute Gasteiger partial charge is 0.242 e. The average Bonchev–Trinajstić information content (AvgIpc) is 2.33. The second-order valence-corrected chi connectivity index (χ2v) is 5.15. The van der Waals surface area contributed by atoms with Gasteiger partial charge in [0, 0.05) is 19.5 Å². The fourth-order valence-electron chi connectivity index (χ4n) is 1.71. The molecular weight excluding hydrogens is 242 g/mol. The molecule has 5 heteroatoms. The van der Waals surface area contributed by atoms with Gasteiger partial charge in [-0.2, -0.15) is 0 Å². The molecule has 2 amide bonds. The molecule has 0 aliphatic carbocycles. The highest BCUT2D eigenvalue weighted by Crippen LogP contribution is 2.10. The summed E-state index contributed by atoms with van der Waals surface area (Å²) in [5.41, 5.74) is 11.0. The second kappa shape index (κ2) is 6.33. The molecule has 1 aromatic rings. The lowest BCUT2D eigenvalue weighted by Gasteiger charge is -2.29. The van der Waals surface area contributed by atoms with E-state index in [-0.39, 0.29) is 18.9 Å². The SMILES string of the molecule is CC(C)(N)C(=O)N(CCC(N)=O)Cc1ccccc1. The van der Waals surface area contributed by atoms with Gasteiger partial charge in [0.1, 0.15) is 0 Å². The van der Waals surface area contributed by atoms with E-state index in [0.717, 1.165) is 5.56 Å². The molecule has 19 heavy (non-hydrogen) atoms. The summed E-state index contributed by atoms with van der Waals surface area (Å²) in [4.78, 5) is 24.7. The molecule has 0 bridgehead atoms. The van der Waals surface area contributed by atoms with Crippen LogP contribution in [0.3, 0.4) is 0 Å². The fourth-order valence-corrected chi connectivity index (χ4v) is 1.71. The highest BCUT2D eigenvalue weighted by atomic mass is 16.2. The molecule has 1 aromatic carbocycles. The van der Waals surface area contributed by atoms with Crippen LogP contribution in [0.4, 0.5) is 0 Å². The van der Waals surface area contributed by atoms with Crippen molar-refractivity contribution in [3.8, 4) is 0 Å². The number of carbonyl (C=O) groups is 2. The molecule has 5 nitrogen and oxygen atoms in total. The maximum absolute atomic E-state index is 12.2. The van der Waals surface area contributed by atoms with E-state index in [1.165, 1.54) is 0 Å². The second-order valence-electron chi connectivity index (χ2n) is 5.15. The van der Waals surface area contributed by atoms with Crippen LogP contribution in [0, 0.1) is 0 Å². The number of hydrogen-bond acceptors (Lipinski definition) is 3. The summed E-state index contributed by atoms with van der Waals surface area (Å²) in [7, 11) is 0. The first-order chi connectivity index (χ1) is 8.80. The molecule has 0 heterocycles. The average molecular weight is 263 g/mol. The standard InChI is InChI=1S/C14H21N3O2/c1-14(2,16)13(19)17(9-8-12(15)18)10-11-6-4-3-5-7-11/h3-7H,8-10,16H2,1-2H3,(H2,15,18). The van der Waals surface area contributed by atoms with E-state index in [1.807, 2.05) is 30.3 Å². The summed E-state index contributed by atoms with van der Waals surface area (Å²) < 4.78 is 0. The van der Waals surface area contributed by atoms with Gasteiger partial charge in [-0.05, 0) is 19.4 Å². The summed E-state index contributed by atoms with van der Waals surface area (Å²) in [6.45, 7) is 4.01. The molecule has 0 unspecified atom stereocenters. The first-order valence-corrected chi connectivity index (χ1v) is 6.21. The first-order valence-electron chi connectivity index (χ1n) is 6.21. The fraction of sp³-hybridized carbons (Fsp3) is 0.429. The van der Waals surface area contributed by atoms with Gasteiger partial charge in [-0.15, -0.1) is 0 Å². The lowest BCUT2D eigenvalue weighted by Crippen LogP contribution is -2.51. The number of nitrogens with zero attached hydrogens (tertiary/aromatic N) is 1. The highest BCUT2D eigenvalue weighted by Gasteiger charge is 2.27. The largest absolute Gasteiger partial charge is 0.370 e. The zero-order valence-corrected chi connectivity index (χ0v) is 11.4.